The number of hydrogen-bond donors (Lipinski definition) is 2. The summed E-state index contributed by atoms with van der Waals surface area (Å²) in [6.07, 6.45) is 1.47. The van der Waals surface area contributed by atoms with E-state index in [0.29, 0.717) is 6.42 Å². The molecule has 8 nitrogen and oxygen atoms in total. The molecule has 2 N–H and O–H groups in total. The molecule has 9 heteroatoms. The van der Waals surface area contributed by atoms with Crippen LogP contribution >= 0.6 is 0 Å². The number of nitro groups is 1. The Hall–Kier alpha value is -2.16. The van der Waals surface area contributed by atoms with Crippen molar-refractivity contribution >= 4 is 27.1 Å². The summed E-state index contributed by atoms with van der Waals surface area (Å²) in [7, 11) is -1.62. The first-order chi connectivity index (χ1) is 9.74. The van der Waals surface area contributed by atoms with Crippen LogP contribution in [0.25, 0.3) is 0 Å². The van der Waals surface area contributed by atoms with Gasteiger partial charge in [-0.25, -0.2) is 8.42 Å². The average molecular weight is 315 g/mol. The number of benzene rings is 1. The molecule has 0 saturated carbocycles. The molecule has 0 unspecified atom stereocenters. The SMILES string of the molecule is CNC(=O)c1ccc(NCCCS(C)(=O)=O)c([N+](=O)[O-])c1. The molecule has 0 bridgehead atoms. The summed E-state index contributed by atoms with van der Waals surface area (Å²) in [5, 5.41) is 16.2. The Morgan fingerprint density at radius 1 is 1.38 bits per heavy atom. The van der Waals surface area contributed by atoms with Crippen LogP contribution < -0.4 is 10.6 Å². The van der Waals surface area contributed by atoms with Crippen LogP contribution in [-0.2, 0) is 9.84 Å². The van der Waals surface area contributed by atoms with Gasteiger partial charge < -0.3 is 10.6 Å². The van der Waals surface area contributed by atoms with Gasteiger partial charge in [0, 0.05) is 31.5 Å². The molecule has 1 aromatic carbocycles. The van der Waals surface area contributed by atoms with Crippen LogP contribution in [0.2, 0.25) is 0 Å². The van der Waals surface area contributed by atoms with E-state index < -0.39 is 20.7 Å². The molecule has 0 aliphatic heterocycles. The van der Waals surface area contributed by atoms with Crippen molar-refractivity contribution in [1.82, 2.24) is 5.32 Å². The number of anilines is 1. The highest BCUT2D eigenvalue weighted by Gasteiger charge is 2.16. The fraction of sp³-hybridized carbons (Fsp3) is 0.417. The van der Waals surface area contributed by atoms with Crippen LogP contribution in [0.15, 0.2) is 18.2 Å². The Kier molecular flexibility index (Phi) is 5.65. The normalized spacial score (nSPS) is 11.0. The first-order valence-electron chi connectivity index (χ1n) is 6.16. The van der Waals surface area contributed by atoms with Crippen molar-refractivity contribution in [1.29, 1.82) is 0 Å². The number of sulfone groups is 1. The maximum Gasteiger partial charge on any atom is 0.293 e. The van der Waals surface area contributed by atoms with Crippen molar-refractivity contribution in [2.24, 2.45) is 0 Å². The third-order valence-electron chi connectivity index (χ3n) is 2.69. The van der Waals surface area contributed by atoms with Gasteiger partial charge in [-0.1, -0.05) is 0 Å². The molecule has 0 aliphatic rings. The Balaban J connectivity index is 2.82. The molecule has 21 heavy (non-hydrogen) atoms. The van der Waals surface area contributed by atoms with Gasteiger partial charge in [-0.2, -0.15) is 0 Å². The number of nitro benzene ring substituents is 1. The molecule has 1 amide bonds. The van der Waals surface area contributed by atoms with Gasteiger partial charge in [0.2, 0.25) is 0 Å². The number of carbonyl (C=O) groups excluding carboxylic acids is 1. The zero-order chi connectivity index (χ0) is 16.0. The Bertz CT molecular complexity index is 642. The van der Waals surface area contributed by atoms with Crippen molar-refractivity contribution in [2.75, 3.05) is 30.9 Å². The summed E-state index contributed by atoms with van der Waals surface area (Å²) >= 11 is 0. The molecule has 0 spiro atoms. The third-order valence-corrected chi connectivity index (χ3v) is 3.72. The van der Waals surface area contributed by atoms with Gasteiger partial charge in [-0.15, -0.1) is 0 Å². The predicted octanol–water partition coefficient (Wildman–Crippen LogP) is 0.801. The maximum atomic E-state index is 11.4. The molecule has 0 heterocycles. The van der Waals surface area contributed by atoms with E-state index in [2.05, 4.69) is 10.6 Å². The quantitative estimate of drug-likeness (QED) is 0.436. The second kappa shape index (κ2) is 7.02. The van der Waals surface area contributed by atoms with Gasteiger partial charge in [-0.05, 0) is 18.6 Å². The van der Waals surface area contributed by atoms with Gasteiger partial charge in [0.1, 0.15) is 15.5 Å². The molecular weight excluding hydrogens is 298 g/mol. The van der Waals surface area contributed by atoms with Gasteiger partial charge in [0.25, 0.3) is 11.6 Å². The van der Waals surface area contributed by atoms with Crippen LogP contribution in [0.1, 0.15) is 16.8 Å². The zero-order valence-corrected chi connectivity index (χ0v) is 12.6. The molecule has 1 rings (SSSR count). The minimum atomic E-state index is -3.05. The molecule has 0 fully saturated rings. The molecule has 0 radical (unpaired) electrons. The average Bonchev–Trinajstić information content (AvgIpc) is 2.41. The van der Waals surface area contributed by atoms with Gasteiger partial charge in [-0.3, -0.25) is 14.9 Å². The smallest absolute Gasteiger partial charge is 0.293 e. The number of amides is 1. The zero-order valence-electron chi connectivity index (χ0n) is 11.8. The van der Waals surface area contributed by atoms with Crippen molar-refractivity contribution in [2.45, 2.75) is 6.42 Å². The van der Waals surface area contributed by atoms with Crippen LogP contribution in [0.5, 0.6) is 0 Å². The van der Waals surface area contributed by atoms with Crippen molar-refractivity contribution in [3.8, 4) is 0 Å². The Morgan fingerprint density at radius 2 is 2.05 bits per heavy atom. The van der Waals surface area contributed by atoms with E-state index in [1.165, 1.54) is 25.2 Å². The molecule has 0 aliphatic carbocycles. The molecular formula is C12H17N3O5S. The third kappa shape index (κ3) is 5.38. The van der Waals surface area contributed by atoms with E-state index in [1.54, 1.807) is 0 Å². The van der Waals surface area contributed by atoms with E-state index in [0.717, 1.165) is 6.26 Å². The van der Waals surface area contributed by atoms with Gasteiger partial charge in [0.05, 0.1) is 10.7 Å². The van der Waals surface area contributed by atoms with Crippen LogP contribution in [0.3, 0.4) is 0 Å². The largest absolute Gasteiger partial charge is 0.379 e. The van der Waals surface area contributed by atoms with Gasteiger partial charge >= 0.3 is 0 Å². The number of rotatable bonds is 7. The van der Waals surface area contributed by atoms with E-state index in [-0.39, 0.29) is 29.2 Å². The van der Waals surface area contributed by atoms with Crippen LogP contribution in [0.4, 0.5) is 11.4 Å². The lowest BCUT2D eigenvalue weighted by molar-refractivity contribution is -0.384. The van der Waals surface area contributed by atoms with Crippen molar-refractivity contribution in [3.05, 3.63) is 33.9 Å². The minimum Gasteiger partial charge on any atom is -0.379 e. The lowest BCUT2D eigenvalue weighted by Crippen LogP contribution is -2.18. The summed E-state index contributed by atoms with van der Waals surface area (Å²) in [4.78, 5) is 21.9. The van der Waals surface area contributed by atoms with Gasteiger partial charge in [0.15, 0.2) is 0 Å². The summed E-state index contributed by atoms with van der Waals surface area (Å²) < 4.78 is 22.0. The monoisotopic (exact) mass is 315 g/mol. The first kappa shape index (κ1) is 16.9. The number of carbonyl (C=O) groups is 1. The Labute approximate surface area is 122 Å². The molecule has 0 saturated heterocycles. The predicted molar refractivity (Wildman–Crippen MR) is 79.3 cm³/mol. The van der Waals surface area contributed by atoms with Crippen LogP contribution in [-0.4, -0.2) is 44.8 Å². The summed E-state index contributed by atoms with van der Waals surface area (Å²) in [6.45, 7) is 0.285. The summed E-state index contributed by atoms with van der Waals surface area (Å²) in [5.41, 5.74) is 0.211. The molecule has 0 aromatic heterocycles. The number of nitrogens with zero attached hydrogens (tertiary/aromatic N) is 1. The highest BCUT2D eigenvalue weighted by Crippen LogP contribution is 2.25. The first-order valence-corrected chi connectivity index (χ1v) is 8.23. The Morgan fingerprint density at radius 3 is 2.57 bits per heavy atom. The van der Waals surface area contributed by atoms with E-state index in [9.17, 15) is 23.3 Å². The van der Waals surface area contributed by atoms with E-state index in [1.807, 2.05) is 0 Å². The molecule has 1 aromatic rings. The van der Waals surface area contributed by atoms with E-state index in [4.69, 9.17) is 0 Å². The standard InChI is InChI=1S/C12H17N3O5S/c1-13-12(16)9-4-5-10(11(8-9)15(17)18)14-6-3-7-21(2,19)20/h4-5,8,14H,3,6-7H2,1-2H3,(H,13,16). The van der Waals surface area contributed by atoms with Crippen molar-refractivity contribution in [3.63, 3.8) is 0 Å². The highest BCUT2D eigenvalue weighted by molar-refractivity contribution is 7.90. The fourth-order valence-electron chi connectivity index (χ4n) is 1.68. The molecule has 116 valence electrons. The van der Waals surface area contributed by atoms with Crippen molar-refractivity contribution < 1.29 is 18.1 Å². The second-order valence-electron chi connectivity index (χ2n) is 4.48. The molecule has 0 atom stereocenters. The van der Waals surface area contributed by atoms with E-state index >= 15 is 0 Å². The fourth-order valence-corrected chi connectivity index (χ4v) is 2.34. The minimum absolute atomic E-state index is 0.00409. The summed E-state index contributed by atoms with van der Waals surface area (Å²) in [5.74, 6) is -0.411. The lowest BCUT2D eigenvalue weighted by Gasteiger charge is -2.08. The highest BCUT2D eigenvalue weighted by atomic mass is 32.2. The topological polar surface area (TPSA) is 118 Å². The second-order valence-corrected chi connectivity index (χ2v) is 6.74. The number of nitrogens with one attached hydrogen (secondary N) is 2. The summed E-state index contributed by atoms with van der Waals surface area (Å²) in [6, 6.07) is 4.08. The number of hydrogen-bond acceptors (Lipinski definition) is 6. The van der Waals surface area contributed by atoms with Crippen LogP contribution in [0, 0.1) is 10.1 Å². The lowest BCUT2D eigenvalue weighted by atomic mass is 10.1. The maximum absolute atomic E-state index is 11.4.